The summed E-state index contributed by atoms with van der Waals surface area (Å²) in [5.41, 5.74) is 5.22. The highest BCUT2D eigenvalue weighted by Crippen LogP contribution is 2.43. The van der Waals surface area contributed by atoms with E-state index in [1.807, 2.05) is 0 Å². The van der Waals surface area contributed by atoms with Crippen molar-refractivity contribution < 1.29 is 16.8 Å². The van der Waals surface area contributed by atoms with Crippen LogP contribution in [0.15, 0.2) is 0 Å². The van der Waals surface area contributed by atoms with Gasteiger partial charge in [-0.2, -0.15) is 4.31 Å². The van der Waals surface area contributed by atoms with Crippen molar-refractivity contribution in [1.82, 2.24) is 4.31 Å². The van der Waals surface area contributed by atoms with Crippen molar-refractivity contribution in [2.45, 2.75) is 31.4 Å². The molecule has 2 N–H and O–H groups in total. The highest BCUT2D eigenvalue weighted by molar-refractivity contribution is 7.92. The zero-order valence-electron chi connectivity index (χ0n) is 11.2. The van der Waals surface area contributed by atoms with Gasteiger partial charge in [-0.3, -0.25) is 0 Å². The van der Waals surface area contributed by atoms with Gasteiger partial charge in [0.05, 0.1) is 16.8 Å². The number of hydrogen-bond donors (Lipinski definition) is 1. The van der Waals surface area contributed by atoms with E-state index in [0.717, 1.165) is 0 Å². The van der Waals surface area contributed by atoms with Crippen molar-refractivity contribution in [3.63, 3.8) is 0 Å². The molecule has 2 rings (SSSR count). The zero-order chi connectivity index (χ0) is 14.3. The van der Waals surface area contributed by atoms with Gasteiger partial charge in [0, 0.05) is 25.0 Å². The number of rotatable bonds is 4. The molecule has 2 atom stereocenters. The Morgan fingerprint density at radius 2 is 2.11 bits per heavy atom. The van der Waals surface area contributed by atoms with Crippen molar-refractivity contribution in [2.75, 3.05) is 31.1 Å². The number of sulfone groups is 1. The van der Waals surface area contributed by atoms with Gasteiger partial charge in [-0.15, -0.1) is 0 Å². The fourth-order valence-electron chi connectivity index (χ4n) is 3.30. The lowest BCUT2D eigenvalue weighted by Gasteiger charge is -2.36. The van der Waals surface area contributed by atoms with Crippen molar-refractivity contribution in [3.05, 3.63) is 0 Å². The van der Waals surface area contributed by atoms with Crippen LogP contribution in [0.3, 0.4) is 0 Å². The lowest BCUT2D eigenvalue weighted by atomic mass is 9.82. The van der Waals surface area contributed by atoms with Crippen LogP contribution in [-0.2, 0) is 19.9 Å². The fraction of sp³-hybridized carbons (Fsp3) is 1.00. The summed E-state index contributed by atoms with van der Waals surface area (Å²) < 4.78 is 50.0. The maximum Gasteiger partial charge on any atom is 0.214 e. The Morgan fingerprint density at radius 1 is 1.42 bits per heavy atom. The molecule has 2 unspecified atom stereocenters. The summed E-state index contributed by atoms with van der Waals surface area (Å²) in [6, 6.07) is 0. The van der Waals surface area contributed by atoms with Crippen LogP contribution in [0.5, 0.6) is 0 Å². The zero-order valence-corrected chi connectivity index (χ0v) is 12.8. The van der Waals surface area contributed by atoms with Crippen molar-refractivity contribution in [1.29, 1.82) is 0 Å². The summed E-state index contributed by atoms with van der Waals surface area (Å²) in [5.74, 6) is 0.224. The Balaban J connectivity index is 2.34. The van der Waals surface area contributed by atoms with Crippen LogP contribution in [0.2, 0.25) is 0 Å². The van der Waals surface area contributed by atoms with E-state index in [9.17, 15) is 16.8 Å². The molecule has 0 amide bonds. The molecule has 0 bridgehead atoms. The fourth-order valence-corrected chi connectivity index (χ4v) is 7.28. The standard InChI is InChI=1S/C11H22N2O4S2/c1-2-5-19(16,17)13-7-10-11(8-12,9-13)4-3-6-18(10,14)15/h10H,2-9,12H2,1H3. The quantitative estimate of drug-likeness (QED) is 0.759. The first-order valence-corrected chi connectivity index (χ1v) is 9.99. The van der Waals surface area contributed by atoms with Crippen LogP contribution < -0.4 is 5.73 Å². The number of sulfonamides is 1. The van der Waals surface area contributed by atoms with E-state index >= 15 is 0 Å². The Labute approximate surface area is 115 Å². The monoisotopic (exact) mass is 310 g/mol. The summed E-state index contributed by atoms with van der Waals surface area (Å²) in [6.45, 7) is 2.38. The second kappa shape index (κ2) is 4.98. The molecule has 0 radical (unpaired) electrons. The molecule has 2 saturated heterocycles. The smallest absolute Gasteiger partial charge is 0.214 e. The Bertz CT molecular complexity index is 543. The van der Waals surface area contributed by atoms with E-state index in [4.69, 9.17) is 5.73 Å². The molecular weight excluding hydrogens is 288 g/mol. The van der Waals surface area contributed by atoms with Crippen molar-refractivity contribution in [2.24, 2.45) is 11.1 Å². The molecular formula is C11H22N2O4S2. The van der Waals surface area contributed by atoms with Gasteiger partial charge >= 0.3 is 0 Å². The maximum absolute atomic E-state index is 12.2. The lowest BCUT2D eigenvalue weighted by Crippen LogP contribution is -2.49. The van der Waals surface area contributed by atoms with Crippen LogP contribution in [0.25, 0.3) is 0 Å². The highest BCUT2D eigenvalue weighted by atomic mass is 32.2. The summed E-state index contributed by atoms with van der Waals surface area (Å²) in [4.78, 5) is 0. The third-order valence-electron chi connectivity index (χ3n) is 4.34. The molecule has 0 aromatic heterocycles. The van der Waals surface area contributed by atoms with Gasteiger partial charge in [-0.05, 0) is 19.3 Å². The van der Waals surface area contributed by atoms with Crippen molar-refractivity contribution >= 4 is 19.9 Å². The minimum absolute atomic E-state index is 0.0699. The second-order valence-corrected chi connectivity index (χ2v) is 10.0. The van der Waals surface area contributed by atoms with E-state index in [2.05, 4.69) is 0 Å². The summed E-state index contributed by atoms with van der Waals surface area (Å²) in [6.07, 6.45) is 1.81. The van der Waals surface area contributed by atoms with E-state index < -0.39 is 30.5 Å². The van der Waals surface area contributed by atoms with Crippen LogP contribution in [0, 0.1) is 5.41 Å². The van der Waals surface area contributed by atoms with Crippen molar-refractivity contribution in [3.8, 4) is 0 Å². The molecule has 0 aromatic carbocycles. The van der Waals surface area contributed by atoms with Crippen LogP contribution >= 0.6 is 0 Å². The molecule has 0 aromatic rings. The number of nitrogens with zero attached hydrogens (tertiary/aromatic N) is 1. The van der Waals surface area contributed by atoms with Gasteiger partial charge in [-0.25, -0.2) is 16.8 Å². The van der Waals surface area contributed by atoms with E-state index in [1.54, 1.807) is 6.92 Å². The molecule has 2 aliphatic rings. The third-order valence-corrected chi connectivity index (χ3v) is 8.71. The Kier molecular flexibility index (Phi) is 3.99. The van der Waals surface area contributed by atoms with Gasteiger partial charge in [0.2, 0.25) is 10.0 Å². The minimum Gasteiger partial charge on any atom is -0.330 e. The predicted molar refractivity (Wildman–Crippen MR) is 73.9 cm³/mol. The Morgan fingerprint density at radius 3 is 2.63 bits per heavy atom. The molecule has 0 spiro atoms. The first kappa shape index (κ1) is 15.2. The molecule has 2 heterocycles. The van der Waals surface area contributed by atoms with Gasteiger partial charge < -0.3 is 5.73 Å². The minimum atomic E-state index is -3.35. The van der Waals surface area contributed by atoms with Gasteiger partial charge in [-0.1, -0.05) is 6.92 Å². The molecule has 0 aliphatic carbocycles. The number of nitrogens with two attached hydrogens (primary N) is 1. The molecule has 6 nitrogen and oxygen atoms in total. The normalized spacial score (nSPS) is 35.2. The SMILES string of the molecule is CCCS(=O)(=O)N1CC2C(CN)(CCCS2(=O)=O)C1. The van der Waals surface area contributed by atoms with Crippen LogP contribution in [0.4, 0.5) is 0 Å². The van der Waals surface area contributed by atoms with Gasteiger partial charge in [0.15, 0.2) is 9.84 Å². The molecule has 19 heavy (non-hydrogen) atoms. The summed E-state index contributed by atoms with van der Waals surface area (Å²) >= 11 is 0. The second-order valence-electron chi connectivity index (χ2n) is 5.63. The van der Waals surface area contributed by atoms with Gasteiger partial charge in [0.1, 0.15) is 0 Å². The largest absolute Gasteiger partial charge is 0.330 e. The van der Waals surface area contributed by atoms with E-state index in [-0.39, 0.29) is 31.1 Å². The van der Waals surface area contributed by atoms with E-state index in [0.29, 0.717) is 19.3 Å². The van der Waals surface area contributed by atoms with Crippen LogP contribution in [0.1, 0.15) is 26.2 Å². The summed E-state index contributed by atoms with van der Waals surface area (Å²) in [7, 11) is -6.58. The Hall–Kier alpha value is -0.180. The third kappa shape index (κ3) is 2.55. The average molecular weight is 310 g/mol. The maximum atomic E-state index is 12.2. The molecule has 2 aliphatic heterocycles. The van der Waals surface area contributed by atoms with E-state index in [1.165, 1.54) is 4.31 Å². The van der Waals surface area contributed by atoms with Gasteiger partial charge in [0.25, 0.3) is 0 Å². The topological polar surface area (TPSA) is 97.5 Å². The molecule has 0 saturated carbocycles. The lowest BCUT2D eigenvalue weighted by molar-refractivity contribution is 0.277. The molecule has 8 heteroatoms. The first-order valence-electron chi connectivity index (χ1n) is 6.67. The number of fused-ring (bicyclic) bond motifs is 1. The summed E-state index contributed by atoms with van der Waals surface area (Å²) in [5, 5.41) is -0.620. The number of hydrogen-bond acceptors (Lipinski definition) is 5. The van der Waals surface area contributed by atoms with Crippen LogP contribution in [-0.4, -0.2) is 57.5 Å². The average Bonchev–Trinajstić information content (AvgIpc) is 2.71. The molecule has 112 valence electrons. The molecule has 2 fully saturated rings. The highest BCUT2D eigenvalue weighted by Gasteiger charge is 2.55. The predicted octanol–water partition coefficient (Wildman–Crippen LogP) is -0.436. The first-order chi connectivity index (χ1) is 8.77.